The molecule has 0 unspecified atom stereocenters. The first-order valence-corrected chi connectivity index (χ1v) is 7.51. The highest BCUT2D eigenvalue weighted by Gasteiger charge is 2.12. The van der Waals surface area contributed by atoms with Gasteiger partial charge in [-0.15, -0.1) is 0 Å². The molecule has 0 spiro atoms. The molecule has 0 amide bonds. The zero-order valence-electron chi connectivity index (χ0n) is 13.3. The van der Waals surface area contributed by atoms with E-state index < -0.39 is 4.92 Å². The minimum absolute atomic E-state index is 0.0696. The summed E-state index contributed by atoms with van der Waals surface area (Å²) in [6, 6.07) is 13.0. The Labute approximate surface area is 139 Å². The van der Waals surface area contributed by atoms with Gasteiger partial charge in [0, 0.05) is 31.8 Å². The molecule has 0 aliphatic heterocycles. The van der Waals surface area contributed by atoms with Crippen molar-refractivity contribution in [3.63, 3.8) is 0 Å². The SMILES string of the molecule is CN=C(NCCc1cccc(F)c1)NCc1ccccc1[N+](=O)[O-]. The van der Waals surface area contributed by atoms with E-state index in [-0.39, 0.29) is 18.0 Å². The first kappa shape index (κ1) is 17.4. The maximum Gasteiger partial charge on any atom is 0.274 e. The number of hydrogen-bond acceptors (Lipinski definition) is 3. The van der Waals surface area contributed by atoms with Gasteiger partial charge in [0.15, 0.2) is 5.96 Å². The lowest BCUT2D eigenvalue weighted by molar-refractivity contribution is -0.385. The highest BCUT2D eigenvalue weighted by molar-refractivity contribution is 5.79. The first-order valence-electron chi connectivity index (χ1n) is 7.51. The predicted octanol–water partition coefficient (Wildman–Crippen LogP) is 2.64. The van der Waals surface area contributed by atoms with Crippen molar-refractivity contribution in [3.05, 3.63) is 75.6 Å². The number of nitro benzene ring substituents is 1. The standard InChI is InChI=1S/C17H19FN4O2/c1-19-17(20-10-9-13-5-4-7-15(18)11-13)21-12-14-6-2-3-8-16(14)22(23)24/h2-8,11H,9-10,12H2,1H3,(H2,19,20,21). The summed E-state index contributed by atoms with van der Waals surface area (Å²) < 4.78 is 13.1. The topological polar surface area (TPSA) is 79.6 Å². The summed E-state index contributed by atoms with van der Waals surface area (Å²) in [4.78, 5) is 14.7. The van der Waals surface area contributed by atoms with Crippen LogP contribution in [0.2, 0.25) is 0 Å². The van der Waals surface area contributed by atoms with E-state index in [2.05, 4.69) is 15.6 Å². The molecule has 6 nitrogen and oxygen atoms in total. The summed E-state index contributed by atoms with van der Waals surface area (Å²) in [7, 11) is 1.62. The molecule has 0 saturated heterocycles. The lowest BCUT2D eigenvalue weighted by atomic mass is 10.1. The Morgan fingerprint density at radius 2 is 2.00 bits per heavy atom. The van der Waals surface area contributed by atoms with Gasteiger partial charge in [0.1, 0.15) is 5.82 Å². The number of nitrogens with zero attached hydrogens (tertiary/aromatic N) is 2. The zero-order valence-corrected chi connectivity index (χ0v) is 13.3. The summed E-state index contributed by atoms with van der Waals surface area (Å²) in [6.45, 7) is 0.858. The number of guanidine groups is 1. The molecule has 2 aromatic rings. The molecular formula is C17H19FN4O2. The van der Waals surface area contributed by atoms with Crippen molar-refractivity contribution < 1.29 is 9.31 Å². The number of nitrogens with one attached hydrogen (secondary N) is 2. The van der Waals surface area contributed by atoms with E-state index in [4.69, 9.17) is 0 Å². The monoisotopic (exact) mass is 330 g/mol. The summed E-state index contributed by atoms with van der Waals surface area (Å²) in [5, 5.41) is 17.1. The number of nitro groups is 1. The normalized spacial score (nSPS) is 11.2. The van der Waals surface area contributed by atoms with E-state index in [1.54, 1.807) is 31.3 Å². The third-order valence-electron chi connectivity index (χ3n) is 3.45. The second-order valence-electron chi connectivity index (χ2n) is 5.12. The first-order chi connectivity index (χ1) is 11.6. The number of halogens is 1. The van der Waals surface area contributed by atoms with Crippen LogP contribution >= 0.6 is 0 Å². The third kappa shape index (κ3) is 5.05. The third-order valence-corrected chi connectivity index (χ3v) is 3.45. The van der Waals surface area contributed by atoms with Crippen LogP contribution in [0.25, 0.3) is 0 Å². The summed E-state index contributed by atoms with van der Waals surface area (Å²) >= 11 is 0. The molecule has 0 aromatic heterocycles. The van der Waals surface area contributed by atoms with Crippen molar-refractivity contribution in [3.8, 4) is 0 Å². The predicted molar refractivity (Wildman–Crippen MR) is 91.4 cm³/mol. The maximum absolute atomic E-state index is 13.1. The Balaban J connectivity index is 1.86. The van der Waals surface area contributed by atoms with Crippen molar-refractivity contribution in [1.82, 2.24) is 10.6 Å². The van der Waals surface area contributed by atoms with Crippen molar-refractivity contribution in [2.24, 2.45) is 4.99 Å². The van der Waals surface area contributed by atoms with Gasteiger partial charge in [-0.1, -0.05) is 30.3 Å². The van der Waals surface area contributed by atoms with Gasteiger partial charge in [-0.2, -0.15) is 0 Å². The van der Waals surface area contributed by atoms with Crippen molar-refractivity contribution >= 4 is 11.6 Å². The lowest BCUT2D eigenvalue weighted by Gasteiger charge is -2.12. The van der Waals surface area contributed by atoms with Gasteiger partial charge in [0.25, 0.3) is 5.69 Å². The molecular weight excluding hydrogens is 311 g/mol. The minimum Gasteiger partial charge on any atom is -0.356 e. The van der Waals surface area contributed by atoms with Crippen molar-refractivity contribution in [2.45, 2.75) is 13.0 Å². The molecule has 24 heavy (non-hydrogen) atoms. The molecule has 0 aliphatic carbocycles. The number of aliphatic imine (C=N–C) groups is 1. The molecule has 2 aromatic carbocycles. The average Bonchev–Trinajstić information content (AvgIpc) is 2.58. The van der Waals surface area contributed by atoms with Crippen LogP contribution in [0.3, 0.4) is 0 Å². The van der Waals surface area contributed by atoms with Gasteiger partial charge in [0.05, 0.1) is 4.92 Å². The zero-order chi connectivity index (χ0) is 17.4. The molecule has 0 bridgehead atoms. The fraction of sp³-hybridized carbons (Fsp3) is 0.235. The number of benzene rings is 2. The van der Waals surface area contributed by atoms with Crippen molar-refractivity contribution in [2.75, 3.05) is 13.6 Å². The second kappa shape index (κ2) is 8.61. The minimum atomic E-state index is -0.406. The molecule has 0 radical (unpaired) electrons. The molecule has 2 N–H and O–H groups in total. The summed E-state index contributed by atoms with van der Waals surface area (Å²) in [5.74, 6) is 0.274. The van der Waals surface area contributed by atoms with Crippen LogP contribution < -0.4 is 10.6 Å². The quantitative estimate of drug-likeness (QED) is 0.369. The largest absolute Gasteiger partial charge is 0.356 e. The average molecular weight is 330 g/mol. The fourth-order valence-electron chi connectivity index (χ4n) is 2.26. The Bertz CT molecular complexity index is 734. The number of hydrogen-bond donors (Lipinski definition) is 2. The van der Waals surface area contributed by atoms with E-state index in [9.17, 15) is 14.5 Å². The van der Waals surface area contributed by atoms with Gasteiger partial charge >= 0.3 is 0 Å². The number of rotatable bonds is 6. The van der Waals surface area contributed by atoms with Crippen LogP contribution in [0.5, 0.6) is 0 Å². The molecule has 0 aliphatic rings. The van der Waals surface area contributed by atoms with E-state index in [1.165, 1.54) is 18.2 Å². The van der Waals surface area contributed by atoms with Gasteiger partial charge in [-0.3, -0.25) is 15.1 Å². The van der Waals surface area contributed by atoms with E-state index in [1.807, 2.05) is 6.07 Å². The molecule has 0 fully saturated rings. The van der Waals surface area contributed by atoms with Crippen LogP contribution in [-0.4, -0.2) is 24.5 Å². The Hall–Kier alpha value is -2.96. The van der Waals surface area contributed by atoms with Crippen LogP contribution in [0.1, 0.15) is 11.1 Å². The Morgan fingerprint density at radius 1 is 1.21 bits per heavy atom. The summed E-state index contributed by atoms with van der Waals surface area (Å²) in [6.07, 6.45) is 0.643. The van der Waals surface area contributed by atoms with E-state index in [0.29, 0.717) is 24.5 Å². The highest BCUT2D eigenvalue weighted by Crippen LogP contribution is 2.16. The fourth-order valence-corrected chi connectivity index (χ4v) is 2.26. The van der Waals surface area contributed by atoms with Crippen molar-refractivity contribution in [1.29, 1.82) is 0 Å². The highest BCUT2D eigenvalue weighted by atomic mass is 19.1. The van der Waals surface area contributed by atoms with Gasteiger partial charge < -0.3 is 10.6 Å². The second-order valence-corrected chi connectivity index (χ2v) is 5.12. The number of para-hydroxylation sites is 1. The van der Waals surface area contributed by atoms with E-state index >= 15 is 0 Å². The molecule has 0 saturated carbocycles. The van der Waals surface area contributed by atoms with Gasteiger partial charge in [0.2, 0.25) is 0 Å². The molecule has 2 rings (SSSR count). The van der Waals surface area contributed by atoms with Crippen LogP contribution in [-0.2, 0) is 13.0 Å². The van der Waals surface area contributed by atoms with Crippen LogP contribution in [0.4, 0.5) is 10.1 Å². The Kier molecular flexibility index (Phi) is 6.24. The molecule has 0 heterocycles. The smallest absolute Gasteiger partial charge is 0.274 e. The van der Waals surface area contributed by atoms with Crippen LogP contribution in [0, 0.1) is 15.9 Å². The maximum atomic E-state index is 13.1. The van der Waals surface area contributed by atoms with E-state index in [0.717, 1.165) is 5.56 Å². The van der Waals surface area contributed by atoms with Gasteiger partial charge in [-0.25, -0.2) is 4.39 Å². The molecule has 7 heteroatoms. The summed E-state index contributed by atoms with van der Waals surface area (Å²) in [5.41, 5.74) is 1.53. The molecule has 126 valence electrons. The Morgan fingerprint density at radius 3 is 2.71 bits per heavy atom. The molecule has 0 atom stereocenters. The van der Waals surface area contributed by atoms with Crippen LogP contribution in [0.15, 0.2) is 53.5 Å². The van der Waals surface area contributed by atoms with Gasteiger partial charge in [-0.05, 0) is 24.1 Å². The lowest BCUT2D eigenvalue weighted by Crippen LogP contribution is -2.38.